The highest BCUT2D eigenvalue weighted by atomic mass is 127. The van der Waals surface area contributed by atoms with E-state index in [1.807, 2.05) is 12.3 Å². The van der Waals surface area contributed by atoms with E-state index in [-0.39, 0.29) is 0 Å². The van der Waals surface area contributed by atoms with Crippen LogP contribution in [0.2, 0.25) is 0 Å². The average molecular weight is 255 g/mol. The van der Waals surface area contributed by atoms with Crippen LogP contribution in [-0.4, -0.2) is 4.98 Å². The first-order valence-electron chi connectivity index (χ1n) is 3.36. The molecule has 11 heavy (non-hydrogen) atoms. The topological polar surface area (TPSA) is 12.9 Å². The van der Waals surface area contributed by atoms with Gasteiger partial charge in [-0.3, -0.25) is 4.98 Å². The molecule has 0 aliphatic heterocycles. The van der Waals surface area contributed by atoms with Crippen molar-refractivity contribution in [2.24, 2.45) is 0 Å². The number of hydrogen-bond acceptors (Lipinski definition) is 1. The van der Waals surface area contributed by atoms with E-state index in [9.17, 15) is 0 Å². The quantitative estimate of drug-likeness (QED) is 0.659. The Bertz CT molecular complexity index is 384. The Morgan fingerprint density at radius 2 is 2.09 bits per heavy atom. The van der Waals surface area contributed by atoms with Gasteiger partial charge in [-0.05, 0) is 40.8 Å². The second-order valence-corrected chi connectivity index (χ2v) is 3.59. The maximum Gasteiger partial charge on any atom is 0.0712 e. The number of halogens is 1. The standard InChI is InChI=1S/C9H6IN/c10-8-4-3-7-2-1-5-11-9(7)6-8/h1-6H. The van der Waals surface area contributed by atoms with Gasteiger partial charge in [-0.1, -0.05) is 12.1 Å². The molecular weight excluding hydrogens is 249 g/mol. The lowest BCUT2D eigenvalue weighted by atomic mass is 10.2. The summed E-state index contributed by atoms with van der Waals surface area (Å²) in [6.07, 6.45) is 1.82. The Morgan fingerprint density at radius 3 is 3.00 bits per heavy atom. The number of aromatic nitrogens is 1. The Morgan fingerprint density at radius 1 is 1.18 bits per heavy atom. The molecule has 0 saturated carbocycles. The number of rotatable bonds is 0. The van der Waals surface area contributed by atoms with Gasteiger partial charge in [-0.15, -0.1) is 0 Å². The van der Waals surface area contributed by atoms with Crippen molar-refractivity contribution < 1.29 is 0 Å². The molecule has 2 heteroatoms. The first-order valence-corrected chi connectivity index (χ1v) is 4.44. The van der Waals surface area contributed by atoms with Gasteiger partial charge in [0.2, 0.25) is 0 Å². The summed E-state index contributed by atoms with van der Waals surface area (Å²) >= 11 is 2.29. The molecular formula is C9H6IN. The van der Waals surface area contributed by atoms with Crippen LogP contribution in [0.25, 0.3) is 10.9 Å². The van der Waals surface area contributed by atoms with Gasteiger partial charge in [0, 0.05) is 15.2 Å². The highest BCUT2D eigenvalue weighted by Crippen LogP contribution is 2.13. The molecule has 1 heterocycles. The highest BCUT2D eigenvalue weighted by molar-refractivity contribution is 14.1. The van der Waals surface area contributed by atoms with Gasteiger partial charge in [0.05, 0.1) is 5.52 Å². The minimum absolute atomic E-state index is 1.07. The van der Waals surface area contributed by atoms with Gasteiger partial charge in [-0.25, -0.2) is 0 Å². The predicted octanol–water partition coefficient (Wildman–Crippen LogP) is 2.84. The normalized spacial score (nSPS) is 10.3. The summed E-state index contributed by atoms with van der Waals surface area (Å²) in [5, 5.41) is 1.20. The first-order chi connectivity index (χ1) is 5.36. The summed E-state index contributed by atoms with van der Waals surface area (Å²) in [4.78, 5) is 4.24. The van der Waals surface area contributed by atoms with E-state index in [0.717, 1.165) is 5.52 Å². The maximum absolute atomic E-state index is 4.24. The fraction of sp³-hybridized carbons (Fsp3) is 0. The summed E-state index contributed by atoms with van der Waals surface area (Å²) in [6.45, 7) is 0. The molecule has 1 aromatic heterocycles. The van der Waals surface area contributed by atoms with E-state index in [1.165, 1.54) is 8.96 Å². The lowest BCUT2D eigenvalue weighted by Gasteiger charge is -1.94. The molecule has 0 amide bonds. The minimum atomic E-state index is 1.07. The van der Waals surface area contributed by atoms with Gasteiger partial charge in [-0.2, -0.15) is 0 Å². The van der Waals surface area contributed by atoms with Crippen molar-refractivity contribution in [1.29, 1.82) is 0 Å². The van der Waals surface area contributed by atoms with E-state index >= 15 is 0 Å². The van der Waals surface area contributed by atoms with Crippen LogP contribution in [0.4, 0.5) is 0 Å². The van der Waals surface area contributed by atoms with Crippen molar-refractivity contribution in [3.63, 3.8) is 0 Å². The van der Waals surface area contributed by atoms with E-state index in [0.29, 0.717) is 0 Å². The molecule has 0 atom stereocenters. The third-order valence-electron chi connectivity index (χ3n) is 1.57. The van der Waals surface area contributed by atoms with E-state index < -0.39 is 0 Å². The SMILES string of the molecule is Ic1ccc2cccnc2c1. The minimum Gasteiger partial charge on any atom is -0.256 e. The van der Waals surface area contributed by atoms with Crippen molar-refractivity contribution in [2.75, 3.05) is 0 Å². The molecule has 0 unspecified atom stereocenters. The lowest BCUT2D eigenvalue weighted by molar-refractivity contribution is 1.41. The number of nitrogens with zero attached hydrogens (tertiary/aromatic N) is 1. The molecule has 2 rings (SSSR count). The molecule has 0 N–H and O–H groups in total. The molecule has 0 aliphatic carbocycles. The van der Waals surface area contributed by atoms with Crippen molar-refractivity contribution >= 4 is 33.5 Å². The Hall–Kier alpha value is -0.640. The van der Waals surface area contributed by atoms with E-state index in [1.54, 1.807) is 0 Å². The fourth-order valence-corrected chi connectivity index (χ4v) is 1.51. The van der Waals surface area contributed by atoms with Crippen LogP contribution in [0, 0.1) is 3.57 Å². The summed E-state index contributed by atoms with van der Waals surface area (Å²) in [5.74, 6) is 0. The summed E-state index contributed by atoms with van der Waals surface area (Å²) in [7, 11) is 0. The molecule has 1 aromatic carbocycles. The summed E-state index contributed by atoms with van der Waals surface area (Å²) in [6, 6.07) is 10.3. The van der Waals surface area contributed by atoms with Crippen LogP contribution in [0.15, 0.2) is 36.5 Å². The molecule has 0 radical (unpaired) electrons. The monoisotopic (exact) mass is 255 g/mol. The van der Waals surface area contributed by atoms with Crippen LogP contribution in [0.1, 0.15) is 0 Å². The second-order valence-electron chi connectivity index (χ2n) is 2.34. The second kappa shape index (κ2) is 2.77. The molecule has 2 aromatic rings. The zero-order valence-corrected chi connectivity index (χ0v) is 7.95. The molecule has 0 fully saturated rings. The lowest BCUT2D eigenvalue weighted by Crippen LogP contribution is -1.77. The van der Waals surface area contributed by atoms with Crippen molar-refractivity contribution in [1.82, 2.24) is 4.98 Å². The van der Waals surface area contributed by atoms with Gasteiger partial charge >= 0.3 is 0 Å². The molecule has 0 saturated heterocycles. The van der Waals surface area contributed by atoms with Crippen molar-refractivity contribution in [2.45, 2.75) is 0 Å². The smallest absolute Gasteiger partial charge is 0.0712 e. The largest absolute Gasteiger partial charge is 0.256 e. The van der Waals surface area contributed by atoms with Crippen molar-refractivity contribution in [3.8, 4) is 0 Å². The molecule has 54 valence electrons. The van der Waals surface area contributed by atoms with Gasteiger partial charge in [0.1, 0.15) is 0 Å². The fourth-order valence-electron chi connectivity index (χ4n) is 1.04. The molecule has 0 spiro atoms. The number of pyridine rings is 1. The van der Waals surface area contributed by atoms with Gasteiger partial charge in [0.25, 0.3) is 0 Å². The Labute approximate surface area is 78.6 Å². The van der Waals surface area contributed by atoms with Crippen molar-refractivity contribution in [3.05, 3.63) is 40.1 Å². The highest BCUT2D eigenvalue weighted by Gasteiger charge is 1.91. The van der Waals surface area contributed by atoms with Crippen LogP contribution >= 0.6 is 22.6 Å². The zero-order valence-electron chi connectivity index (χ0n) is 5.79. The Balaban J connectivity index is 2.83. The van der Waals surface area contributed by atoms with Crippen LogP contribution in [-0.2, 0) is 0 Å². The summed E-state index contributed by atoms with van der Waals surface area (Å²) in [5.41, 5.74) is 1.07. The van der Waals surface area contributed by atoms with E-state index in [4.69, 9.17) is 0 Å². The first kappa shape index (κ1) is 7.03. The van der Waals surface area contributed by atoms with Crippen LogP contribution in [0.3, 0.4) is 0 Å². The third kappa shape index (κ3) is 1.35. The Kier molecular flexibility index (Phi) is 1.77. The molecule has 0 aliphatic rings. The number of hydrogen-bond donors (Lipinski definition) is 0. The number of benzene rings is 1. The van der Waals surface area contributed by atoms with Crippen LogP contribution in [0.5, 0.6) is 0 Å². The van der Waals surface area contributed by atoms with Gasteiger partial charge < -0.3 is 0 Å². The number of fused-ring (bicyclic) bond motifs is 1. The van der Waals surface area contributed by atoms with Gasteiger partial charge in [0.15, 0.2) is 0 Å². The predicted molar refractivity (Wildman–Crippen MR) is 54.5 cm³/mol. The molecule has 1 nitrogen and oxygen atoms in total. The van der Waals surface area contributed by atoms with Crippen LogP contribution < -0.4 is 0 Å². The average Bonchev–Trinajstić information content (AvgIpc) is 2.04. The third-order valence-corrected chi connectivity index (χ3v) is 2.24. The zero-order chi connectivity index (χ0) is 7.68. The summed E-state index contributed by atoms with van der Waals surface area (Å²) < 4.78 is 1.23. The molecule has 0 bridgehead atoms. The maximum atomic E-state index is 4.24. The van der Waals surface area contributed by atoms with E-state index in [2.05, 4.69) is 51.8 Å².